The molecule has 0 spiro atoms. The van der Waals surface area contributed by atoms with E-state index >= 15 is 0 Å². The second kappa shape index (κ2) is 5.92. The Morgan fingerprint density at radius 1 is 1.43 bits per heavy atom. The van der Waals surface area contributed by atoms with Gasteiger partial charge in [-0.3, -0.25) is 4.79 Å². The van der Waals surface area contributed by atoms with Crippen molar-refractivity contribution in [1.29, 1.82) is 5.26 Å². The summed E-state index contributed by atoms with van der Waals surface area (Å²) in [6, 6.07) is 3.73. The van der Waals surface area contributed by atoms with E-state index < -0.39 is 11.6 Å². The summed E-state index contributed by atoms with van der Waals surface area (Å²) in [6.07, 6.45) is 2.08. The molecular formula is C15H14F2N2O2. The fourth-order valence-electron chi connectivity index (χ4n) is 2.24. The normalized spacial score (nSPS) is 18.2. The highest BCUT2D eigenvalue weighted by molar-refractivity contribution is 5.90. The Balaban J connectivity index is 2.41. The van der Waals surface area contributed by atoms with Crippen molar-refractivity contribution in [2.75, 3.05) is 13.7 Å². The van der Waals surface area contributed by atoms with E-state index in [0.29, 0.717) is 6.42 Å². The van der Waals surface area contributed by atoms with Gasteiger partial charge >= 0.3 is 0 Å². The van der Waals surface area contributed by atoms with Gasteiger partial charge in [-0.25, -0.2) is 8.78 Å². The van der Waals surface area contributed by atoms with Crippen LogP contribution in [-0.4, -0.2) is 24.5 Å². The Bertz CT molecular complexity index is 627. The first-order valence-electron chi connectivity index (χ1n) is 6.42. The van der Waals surface area contributed by atoms with Gasteiger partial charge in [0.25, 0.3) is 0 Å². The summed E-state index contributed by atoms with van der Waals surface area (Å²) in [5.74, 6) is -2.11. The Morgan fingerprint density at radius 2 is 2.05 bits per heavy atom. The molecule has 21 heavy (non-hydrogen) atoms. The molecule has 1 unspecified atom stereocenters. The lowest BCUT2D eigenvalue weighted by Gasteiger charge is -2.29. The van der Waals surface area contributed by atoms with Crippen molar-refractivity contribution in [2.45, 2.75) is 13.3 Å². The van der Waals surface area contributed by atoms with E-state index in [1.165, 1.54) is 11.9 Å². The second-order valence-electron chi connectivity index (χ2n) is 4.83. The zero-order chi connectivity index (χ0) is 15.6. The van der Waals surface area contributed by atoms with Crippen molar-refractivity contribution in [3.05, 3.63) is 35.4 Å². The van der Waals surface area contributed by atoms with E-state index in [0.717, 1.165) is 12.1 Å². The van der Waals surface area contributed by atoms with Gasteiger partial charge in [-0.2, -0.15) is 5.26 Å². The maximum Gasteiger partial charge on any atom is 0.229 e. The molecule has 1 aliphatic heterocycles. The number of halogens is 2. The third-order valence-electron chi connectivity index (χ3n) is 3.35. The fourth-order valence-corrected chi connectivity index (χ4v) is 2.24. The standard InChI is InChI=1S/C15H14F2N2O2/c1-9-3-4-13(19(2)15(9)20)14-11(16)7-10(8-12(14)17)21-6-5-18/h4,7-9H,3,6H2,1-2H3. The molecule has 1 aliphatic rings. The van der Waals surface area contributed by atoms with Crippen LogP contribution >= 0.6 is 0 Å². The highest BCUT2D eigenvalue weighted by Crippen LogP contribution is 2.32. The van der Waals surface area contributed by atoms with Crippen molar-refractivity contribution >= 4 is 11.6 Å². The first kappa shape index (κ1) is 15.0. The summed E-state index contributed by atoms with van der Waals surface area (Å²) in [6.45, 7) is 1.47. The van der Waals surface area contributed by atoms with Crippen LogP contribution in [0.3, 0.4) is 0 Å². The summed E-state index contributed by atoms with van der Waals surface area (Å²) in [5, 5.41) is 8.40. The SMILES string of the molecule is CC1CC=C(c2c(F)cc(OCC#N)cc2F)N(C)C1=O. The number of amides is 1. The lowest BCUT2D eigenvalue weighted by molar-refractivity contribution is -0.131. The summed E-state index contributed by atoms with van der Waals surface area (Å²) >= 11 is 0. The molecule has 4 nitrogen and oxygen atoms in total. The molecule has 0 aromatic heterocycles. The first-order valence-corrected chi connectivity index (χ1v) is 6.42. The van der Waals surface area contributed by atoms with Gasteiger partial charge in [-0.1, -0.05) is 13.0 Å². The minimum Gasteiger partial charge on any atom is -0.479 e. The van der Waals surface area contributed by atoms with Crippen LogP contribution in [0.25, 0.3) is 5.70 Å². The zero-order valence-corrected chi connectivity index (χ0v) is 11.7. The maximum atomic E-state index is 14.1. The van der Waals surface area contributed by atoms with E-state index in [4.69, 9.17) is 10.00 Å². The highest BCUT2D eigenvalue weighted by atomic mass is 19.1. The molecule has 2 rings (SSSR count). The second-order valence-corrected chi connectivity index (χ2v) is 4.83. The van der Waals surface area contributed by atoms with E-state index in [1.54, 1.807) is 19.1 Å². The van der Waals surface area contributed by atoms with Crippen LogP contribution in [0, 0.1) is 28.9 Å². The van der Waals surface area contributed by atoms with Gasteiger partial charge in [0.05, 0.1) is 11.3 Å². The quantitative estimate of drug-likeness (QED) is 0.860. The molecule has 0 aliphatic carbocycles. The van der Waals surface area contributed by atoms with Crippen molar-refractivity contribution in [3.8, 4) is 11.8 Å². The number of rotatable bonds is 3. The largest absolute Gasteiger partial charge is 0.479 e. The molecule has 1 atom stereocenters. The van der Waals surface area contributed by atoms with Gasteiger partial charge < -0.3 is 9.64 Å². The van der Waals surface area contributed by atoms with Crippen LogP contribution in [0.5, 0.6) is 5.75 Å². The maximum absolute atomic E-state index is 14.1. The Kier molecular flexibility index (Phi) is 4.22. The summed E-state index contributed by atoms with van der Waals surface area (Å²) in [5.41, 5.74) is -0.0537. The summed E-state index contributed by atoms with van der Waals surface area (Å²) in [7, 11) is 1.49. The van der Waals surface area contributed by atoms with Crippen molar-refractivity contribution in [1.82, 2.24) is 4.90 Å². The molecule has 0 radical (unpaired) electrons. The van der Waals surface area contributed by atoms with Gasteiger partial charge in [0.15, 0.2) is 6.61 Å². The molecule has 1 aromatic carbocycles. The predicted octanol–water partition coefficient (Wildman–Crippen LogP) is 2.71. The molecule has 1 heterocycles. The molecular weight excluding hydrogens is 278 g/mol. The molecule has 6 heteroatoms. The monoisotopic (exact) mass is 292 g/mol. The Morgan fingerprint density at radius 3 is 2.62 bits per heavy atom. The number of hydrogen-bond acceptors (Lipinski definition) is 3. The average molecular weight is 292 g/mol. The lowest BCUT2D eigenvalue weighted by Crippen LogP contribution is -2.34. The molecule has 0 bridgehead atoms. The predicted molar refractivity (Wildman–Crippen MR) is 72.0 cm³/mol. The Hall–Kier alpha value is -2.42. The molecule has 1 aromatic rings. The van der Waals surface area contributed by atoms with Gasteiger partial charge in [0.1, 0.15) is 23.5 Å². The summed E-state index contributed by atoms with van der Waals surface area (Å²) < 4.78 is 33.2. The fraction of sp³-hybridized carbons (Fsp3) is 0.333. The highest BCUT2D eigenvalue weighted by Gasteiger charge is 2.28. The molecule has 110 valence electrons. The molecule has 0 fully saturated rings. The van der Waals surface area contributed by atoms with Crippen LogP contribution in [0.4, 0.5) is 8.78 Å². The number of benzene rings is 1. The number of carbonyl (C=O) groups is 1. The van der Waals surface area contributed by atoms with Crippen LogP contribution in [0.1, 0.15) is 18.9 Å². The van der Waals surface area contributed by atoms with Gasteiger partial charge in [0, 0.05) is 25.1 Å². The number of nitrogens with zero attached hydrogens (tertiary/aromatic N) is 2. The van der Waals surface area contributed by atoms with E-state index in [-0.39, 0.29) is 35.4 Å². The zero-order valence-electron chi connectivity index (χ0n) is 11.7. The van der Waals surface area contributed by atoms with Crippen molar-refractivity contribution < 1.29 is 18.3 Å². The number of ether oxygens (including phenoxy) is 1. The van der Waals surface area contributed by atoms with E-state index in [2.05, 4.69) is 0 Å². The van der Waals surface area contributed by atoms with Gasteiger partial charge in [-0.15, -0.1) is 0 Å². The molecule has 0 saturated carbocycles. The molecule has 0 N–H and O–H groups in total. The number of nitriles is 1. The van der Waals surface area contributed by atoms with Crippen LogP contribution in [0.2, 0.25) is 0 Å². The Labute approximate surface area is 121 Å². The van der Waals surface area contributed by atoms with Crippen LogP contribution in [-0.2, 0) is 4.79 Å². The third-order valence-corrected chi connectivity index (χ3v) is 3.35. The topological polar surface area (TPSA) is 53.3 Å². The number of hydrogen-bond donors (Lipinski definition) is 0. The number of allylic oxidation sites excluding steroid dienone is 1. The van der Waals surface area contributed by atoms with Crippen molar-refractivity contribution in [3.63, 3.8) is 0 Å². The van der Waals surface area contributed by atoms with E-state index in [1.807, 2.05) is 0 Å². The minimum absolute atomic E-state index is 0.0611. The summed E-state index contributed by atoms with van der Waals surface area (Å²) in [4.78, 5) is 13.2. The third kappa shape index (κ3) is 2.87. The minimum atomic E-state index is -0.830. The lowest BCUT2D eigenvalue weighted by atomic mass is 9.97. The van der Waals surface area contributed by atoms with Crippen molar-refractivity contribution in [2.24, 2.45) is 5.92 Å². The molecule has 0 saturated heterocycles. The smallest absolute Gasteiger partial charge is 0.229 e. The van der Waals surface area contributed by atoms with Gasteiger partial charge in [-0.05, 0) is 6.42 Å². The van der Waals surface area contributed by atoms with Crippen LogP contribution < -0.4 is 4.74 Å². The van der Waals surface area contributed by atoms with Gasteiger partial charge in [0.2, 0.25) is 5.91 Å². The van der Waals surface area contributed by atoms with Crippen LogP contribution in [0.15, 0.2) is 18.2 Å². The number of carbonyl (C=O) groups excluding carboxylic acids is 1. The first-order chi connectivity index (χ1) is 9.95. The van der Waals surface area contributed by atoms with E-state index in [9.17, 15) is 13.6 Å². The average Bonchev–Trinajstić information content (AvgIpc) is 2.44. The molecule has 1 amide bonds.